The van der Waals surface area contributed by atoms with Gasteiger partial charge in [-0.3, -0.25) is 4.68 Å². The Balaban J connectivity index is 2.25. The minimum Gasteiger partial charge on any atom is -0.399 e. The first-order valence-electron chi connectivity index (χ1n) is 4.26. The summed E-state index contributed by atoms with van der Waals surface area (Å²) in [5.74, 6) is 0. The van der Waals surface area contributed by atoms with Gasteiger partial charge in [-0.1, -0.05) is 15.9 Å². The molecule has 1 heterocycles. The molecule has 2 rings (SSSR count). The maximum absolute atomic E-state index is 5.73. The zero-order valence-corrected chi connectivity index (χ0v) is 9.11. The molecule has 2 aromatic rings. The summed E-state index contributed by atoms with van der Waals surface area (Å²) >= 11 is 3.41. The molecule has 0 aliphatic heterocycles. The first kappa shape index (κ1) is 9.27. The van der Waals surface area contributed by atoms with E-state index in [0.29, 0.717) is 0 Å². The summed E-state index contributed by atoms with van der Waals surface area (Å²) in [5.41, 5.74) is 7.63. The summed E-state index contributed by atoms with van der Waals surface area (Å²) in [4.78, 5) is 0. The highest BCUT2D eigenvalue weighted by Crippen LogP contribution is 2.17. The smallest absolute Gasteiger partial charge is 0.0660 e. The molecule has 0 fully saturated rings. The van der Waals surface area contributed by atoms with E-state index < -0.39 is 0 Å². The Hall–Kier alpha value is -1.29. The Labute approximate surface area is 90.7 Å². The van der Waals surface area contributed by atoms with Crippen molar-refractivity contribution >= 4 is 21.6 Å². The van der Waals surface area contributed by atoms with E-state index in [-0.39, 0.29) is 0 Å². The van der Waals surface area contributed by atoms with E-state index in [2.05, 4.69) is 21.0 Å². The number of benzene rings is 1. The number of nitrogen functional groups attached to an aromatic ring is 1. The van der Waals surface area contributed by atoms with Crippen molar-refractivity contribution in [2.45, 2.75) is 6.54 Å². The number of nitrogens with two attached hydrogens (primary N) is 1. The van der Waals surface area contributed by atoms with Crippen LogP contribution >= 0.6 is 15.9 Å². The molecule has 0 aliphatic rings. The van der Waals surface area contributed by atoms with Gasteiger partial charge in [0, 0.05) is 22.6 Å². The van der Waals surface area contributed by atoms with Crippen molar-refractivity contribution in [2.24, 2.45) is 0 Å². The summed E-state index contributed by atoms with van der Waals surface area (Å²) in [6.07, 6.45) is 3.69. The van der Waals surface area contributed by atoms with E-state index in [0.717, 1.165) is 22.3 Å². The number of halogens is 1. The molecule has 0 spiro atoms. The van der Waals surface area contributed by atoms with Crippen molar-refractivity contribution in [3.8, 4) is 0 Å². The second-order valence-electron chi connectivity index (χ2n) is 3.10. The monoisotopic (exact) mass is 251 g/mol. The van der Waals surface area contributed by atoms with Crippen molar-refractivity contribution in [2.75, 3.05) is 5.73 Å². The fraction of sp³-hybridized carbons (Fsp3) is 0.100. The molecule has 0 saturated heterocycles. The second-order valence-corrected chi connectivity index (χ2v) is 4.01. The van der Waals surface area contributed by atoms with E-state index in [4.69, 9.17) is 5.73 Å². The molecule has 1 aromatic heterocycles. The van der Waals surface area contributed by atoms with Crippen molar-refractivity contribution < 1.29 is 0 Å². The molecule has 0 saturated carbocycles. The molecular weight excluding hydrogens is 242 g/mol. The lowest BCUT2D eigenvalue weighted by Crippen LogP contribution is -2.00. The Kier molecular flexibility index (Phi) is 2.54. The average Bonchev–Trinajstić information content (AvgIpc) is 2.54. The zero-order chi connectivity index (χ0) is 9.97. The Bertz CT molecular complexity index is 403. The number of aromatic nitrogens is 2. The second kappa shape index (κ2) is 3.84. The van der Waals surface area contributed by atoms with Crippen LogP contribution in [0.3, 0.4) is 0 Å². The van der Waals surface area contributed by atoms with Crippen LogP contribution in [-0.4, -0.2) is 9.78 Å². The topological polar surface area (TPSA) is 43.8 Å². The predicted molar refractivity (Wildman–Crippen MR) is 59.9 cm³/mol. The van der Waals surface area contributed by atoms with E-state index in [9.17, 15) is 0 Å². The zero-order valence-electron chi connectivity index (χ0n) is 7.52. The lowest BCUT2D eigenvalue weighted by Gasteiger charge is -2.04. The predicted octanol–water partition coefficient (Wildman–Crippen LogP) is 2.28. The molecule has 0 aliphatic carbocycles. The summed E-state index contributed by atoms with van der Waals surface area (Å²) in [6.45, 7) is 0.747. The lowest BCUT2D eigenvalue weighted by molar-refractivity contribution is 0.687. The van der Waals surface area contributed by atoms with Gasteiger partial charge in [0.2, 0.25) is 0 Å². The van der Waals surface area contributed by atoms with Gasteiger partial charge < -0.3 is 5.73 Å². The van der Waals surface area contributed by atoms with E-state index >= 15 is 0 Å². The summed E-state index contributed by atoms with van der Waals surface area (Å²) < 4.78 is 2.86. The van der Waals surface area contributed by atoms with E-state index in [1.165, 1.54) is 0 Å². The van der Waals surface area contributed by atoms with Gasteiger partial charge in [0.05, 0.1) is 6.54 Å². The SMILES string of the molecule is Nc1cc(Br)cc(Cn2cccn2)c1. The number of anilines is 1. The number of hydrogen-bond acceptors (Lipinski definition) is 2. The van der Waals surface area contributed by atoms with Crippen LogP contribution in [0.5, 0.6) is 0 Å². The molecule has 0 amide bonds. The highest BCUT2D eigenvalue weighted by atomic mass is 79.9. The van der Waals surface area contributed by atoms with Crippen LogP contribution in [0, 0.1) is 0 Å². The van der Waals surface area contributed by atoms with Crippen LogP contribution in [0.4, 0.5) is 5.69 Å². The Morgan fingerprint density at radius 3 is 2.86 bits per heavy atom. The summed E-state index contributed by atoms with van der Waals surface area (Å²) in [6, 6.07) is 7.78. The third-order valence-corrected chi connectivity index (χ3v) is 2.34. The Morgan fingerprint density at radius 1 is 1.36 bits per heavy atom. The van der Waals surface area contributed by atoms with Crippen LogP contribution in [0.1, 0.15) is 5.56 Å². The fourth-order valence-corrected chi connectivity index (χ4v) is 1.91. The molecule has 4 heteroatoms. The van der Waals surface area contributed by atoms with E-state index in [1.54, 1.807) is 6.20 Å². The van der Waals surface area contributed by atoms with Crippen LogP contribution in [0.25, 0.3) is 0 Å². The quantitative estimate of drug-likeness (QED) is 0.833. The fourth-order valence-electron chi connectivity index (χ4n) is 1.35. The summed E-state index contributed by atoms with van der Waals surface area (Å²) in [5, 5.41) is 4.13. The van der Waals surface area contributed by atoms with Gasteiger partial charge >= 0.3 is 0 Å². The highest BCUT2D eigenvalue weighted by molar-refractivity contribution is 9.10. The molecule has 14 heavy (non-hydrogen) atoms. The van der Waals surface area contributed by atoms with Gasteiger partial charge in [0.25, 0.3) is 0 Å². The lowest BCUT2D eigenvalue weighted by atomic mass is 10.2. The first-order valence-corrected chi connectivity index (χ1v) is 5.06. The maximum atomic E-state index is 5.73. The molecule has 0 unspecified atom stereocenters. The molecule has 0 radical (unpaired) electrons. The molecule has 0 bridgehead atoms. The van der Waals surface area contributed by atoms with E-state index in [1.807, 2.05) is 35.1 Å². The molecule has 0 atom stereocenters. The number of hydrogen-bond donors (Lipinski definition) is 1. The largest absolute Gasteiger partial charge is 0.399 e. The van der Waals surface area contributed by atoms with Crippen molar-refractivity contribution in [1.82, 2.24) is 9.78 Å². The Morgan fingerprint density at radius 2 is 2.21 bits per heavy atom. The van der Waals surface area contributed by atoms with Gasteiger partial charge in [-0.2, -0.15) is 5.10 Å². The van der Waals surface area contributed by atoms with Crippen molar-refractivity contribution in [3.05, 3.63) is 46.7 Å². The van der Waals surface area contributed by atoms with Gasteiger partial charge in [-0.15, -0.1) is 0 Å². The number of rotatable bonds is 2. The van der Waals surface area contributed by atoms with Gasteiger partial charge in [-0.25, -0.2) is 0 Å². The molecule has 3 nitrogen and oxygen atoms in total. The minimum atomic E-state index is 0.747. The van der Waals surface area contributed by atoms with Gasteiger partial charge in [0.15, 0.2) is 0 Å². The standard InChI is InChI=1S/C10H10BrN3/c11-9-4-8(5-10(12)6-9)7-14-3-1-2-13-14/h1-6H,7,12H2. The molecular formula is C10H10BrN3. The van der Waals surface area contributed by atoms with Crippen LogP contribution in [0.2, 0.25) is 0 Å². The third kappa shape index (κ3) is 2.14. The average molecular weight is 252 g/mol. The molecule has 1 aromatic carbocycles. The van der Waals surface area contributed by atoms with Crippen LogP contribution in [0.15, 0.2) is 41.1 Å². The number of nitrogens with zero attached hydrogens (tertiary/aromatic N) is 2. The van der Waals surface area contributed by atoms with Crippen LogP contribution in [-0.2, 0) is 6.54 Å². The first-order chi connectivity index (χ1) is 6.74. The third-order valence-electron chi connectivity index (χ3n) is 1.88. The van der Waals surface area contributed by atoms with Crippen molar-refractivity contribution in [1.29, 1.82) is 0 Å². The van der Waals surface area contributed by atoms with Crippen LogP contribution < -0.4 is 5.73 Å². The van der Waals surface area contributed by atoms with Gasteiger partial charge in [-0.05, 0) is 29.8 Å². The summed E-state index contributed by atoms with van der Waals surface area (Å²) in [7, 11) is 0. The normalized spacial score (nSPS) is 10.4. The van der Waals surface area contributed by atoms with Gasteiger partial charge in [0.1, 0.15) is 0 Å². The molecule has 72 valence electrons. The minimum absolute atomic E-state index is 0.747. The van der Waals surface area contributed by atoms with Crippen molar-refractivity contribution in [3.63, 3.8) is 0 Å². The maximum Gasteiger partial charge on any atom is 0.0660 e. The molecule has 2 N–H and O–H groups in total. The highest BCUT2D eigenvalue weighted by Gasteiger charge is 1.98.